The van der Waals surface area contributed by atoms with E-state index >= 15 is 0 Å². The number of ether oxygens (including phenoxy) is 6. The third-order valence-corrected chi connectivity index (χ3v) is 17.2. The first-order chi connectivity index (χ1) is 37.6. The molecule has 0 saturated heterocycles. The molecule has 0 radical (unpaired) electrons. The molecule has 3 aromatic rings. The van der Waals surface area contributed by atoms with Crippen molar-refractivity contribution < 1.29 is 56.6 Å². The van der Waals surface area contributed by atoms with Gasteiger partial charge in [0.25, 0.3) is 8.53 Å². The molecule has 3 heterocycles. The molecule has 4 rings (SSSR count). The van der Waals surface area contributed by atoms with Crippen molar-refractivity contribution in [3.05, 3.63) is 35.7 Å². The fraction of sp³-hybridized carbons (Fsp3) is 0.766. The summed E-state index contributed by atoms with van der Waals surface area (Å²) in [5.74, 6) is -1.39. The predicted molar refractivity (Wildman–Crippen MR) is 285 cm³/mol. The maximum atomic E-state index is 14.5. The van der Waals surface area contributed by atoms with E-state index in [1.165, 1.54) is 0 Å². The monoisotopic (exact) mass is 1690 g/mol. The predicted octanol–water partition coefficient (Wildman–Crippen LogP) is 0.651. The number of rotatable bonds is 43. The van der Waals surface area contributed by atoms with Gasteiger partial charge in [-0.25, -0.2) is 4.67 Å². The van der Waals surface area contributed by atoms with E-state index in [0.717, 1.165) is 17.1 Å². The van der Waals surface area contributed by atoms with Gasteiger partial charge in [-0.1, -0.05) is 0 Å². The van der Waals surface area contributed by atoms with Gasteiger partial charge < -0.3 is 14.4 Å². The van der Waals surface area contributed by atoms with Crippen molar-refractivity contribution in [3.8, 4) is 6.07 Å². The van der Waals surface area contributed by atoms with Crippen LogP contribution in [0.4, 0.5) is 0 Å². The first-order valence-electron chi connectivity index (χ1n) is 26.5. The van der Waals surface area contributed by atoms with Crippen LogP contribution < -0.4 is 21.3 Å². The number of aromatic nitrogens is 9. The van der Waals surface area contributed by atoms with Crippen LogP contribution in [0, 0.1) is 17.2 Å². The van der Waals surface area contributed by atoms with Crippen LogP contribution in [0.1, 0.15) is 115 Å². The summed E-state index contributed by atoms with van der Waals surface area (Å²) in [7, 11) is -1.46. The van der Waals surface area contributed by atoms with Crippen LogP contribution in [0.5, 0.6) is 0 Å². The van der Waals surface area contributed by atoms with Gasteiger partial charge in [-0.2, -0.15) is 5.26 Å². The Kier molecular flexibility index (Phi) is 34.9. The number of carbonyl (C=O) groups excluding carboxylic acids is 4. The first kappa shape index (κ1) is 68.1. The van der Waals surface area contributed by atoms with Crippen LogP contribution >= 0.6 is 8.53 Å². The minimum atomic E-state index is -1.46. The van der Waals surface area contributed by atoms with Crippen molar-refractivity contribution in [1.29, 1.82) is 5.26 Å². The first-order valence-corrected chi connectivity index (χ1v) is 33.6. The van der Waals surface area contributed by atoms with Gasteiger partial charge in [0.2, 0.25) is 5.91 Å². The summed E-state index contributed by atoms with van der Waals surface area (Å²) in [6.45, 7) is 13.1. The number of carbonyl (C=O) groups is 4. The maximum Gasteiger partial charge on any atom is -0.0255 e. The summed E-state index contributed by atoms with van der Waals surface area (Å²) < 4.78 is 54.2. The Hall–Kier alpha value is -2.37. The Morgan fingerprint density at radius 3 is 1.36 bits per heavy atom. The Morgan fingerprint density at radius 1 is 0.628 bits per heavy atom. The molecular formula is C47H77N15O12PTl3. The quantitative estimate of drug-likeness (QED) is 0.0343. The molecule has 4 N–H and O–H groups in total. The zero-order valence-corrected chi connectivity index (χ0v) is 60.0. The molecular weight excluding hydrogens is 1610 g/mol. The number of amides is 4. The Bertz CT molecular complexity index is 2030. The summed E-state index contributed by atoms with van der Waals surface area (Å²) in [5.41, 5.74) is 1.13. The van der Waals surface area contributed by atoms with Crippen molar-refractivity contribution in [2.75, 3.05) is 85.7 Å². The molecule has 3 aromatic heterocycles. The van der Waals surface area contributed by atoms with E-state index in [4.69, 9.17) is 37.5 Å². The smallest absolute Gasteiger partial charge is 0.0255 e. The molecule has 1 aliphatic carbocycles. The number of hydrogen-bond donors (Lipinski definition) is 4. The van der Waals surface area contributed by atoms with Crippen LogP contribution in [0.15, 0.2) is 18.6 Å². The number of nitrogens with one attached hydrogen (secondary N) is 4. The molecule has 1 atom stereocenters. The minimum absolute atomic E-state index is 0.00989. The van der Waals surface area contributed by atoms with Crippen molar-refractivity contribution in [2.45, 2.75) is 142 Å². The molecule has 27 nitrogen and oxygen atoms in total. The summed E-state index contributed by atoms with van der Waals surface area (Å²) in [6, 6.07) is 2.43. The van der Waals surface area contributed by atoms with Gasteiger partial charge in [0.05, 0.1) is 25.2 Å². The number of hydrogen-bond acceptors (Lipinski definition) is 20. The van der Waals surface area contributed by atoms with Crippen LogP contribution in [0.3, 0.4) is 0 Å². The average molecular weight is 1690 g/mol. The summed E-state index contributed by atoms with van der Waals surface area (Å²) in [4.78, 5) is 55.0. The summed E-state index contributed by atoms with van der Waals surface area (Å²) in [5, 5.41) is 45.3. The molecule has 1 fully saturated rings. The van der Waals surface area contributed by atoms with Gasteiger partial charge >= 0.3 is 313 Å². The Balaban J connectivity index is 1.38. The molecule has 31 heteroatoms. The van der Waals surface area contributed by atoms with E-state index in [-0.39, 0.29) is 139 Å². The largest absolute Gasteiger partial charge is 0.0391 e. The summed E-state index contributed by atoms with van der Waals surface area (Å²) >= 11 is 1.59. The van der Waals surface area contributed by atoms with E-state index in [9.17, 15) is 24.4 Å². The minimum Gasteiger partial charge on any atom is -0.0391 e. The zero-order valence-electron chi connectivity index (χ0n) is 45.6. The fourth-order valence-electron chi connectivity index (χ4n) is 8.22. The number of nitrogens with zero attached hydrogens (tertiary/aromatic N) is 11. The van der Waals surface area contributed by atoms with Crippen molar-refractivity contribution in [1.82, 2.24) is 64.3 Å². The zero-order chi connectivity index (χ0) is 56.4. The van der Waals surface area contributed by atoms with Gasteiger partial charge in [0, 0.05) is 42.8 Å². The average Bonchev–Trinajstić information content (AvgIpc) is 4.17. The molecule has 0 bridgehead atoms. The molecule has 0 aliphatic heterocycles. The maximum absolute atomic E-state index is 14.5. The second-order valence-electron chi connectivity index (χ2n) is 19.0. The van der Waals surface area contributed by atoms with E-state index in [2.05, 4.69) is 90.6 Å². The Morgan fingerprint density at radius 2 is 1.01 bits per heavy atom. The van der Waals surface area contributed by atoms with Crippen molar-refractivity contribution >= 4 is 110 Å². The third kappa shape index (κ3) is 29.0. The molecule has 4 amide bonds. The van der Waals surface area contributed by atoms with Crippen LogP contribution in [-0.4, -0.2) is 254 Å². The van der Waals surface area contributed by atoms with Crippen LogP contribution in [0.2, 0.25) is 0 Å². The molecule has 1 saturated carbocycles. The number of nitriles is 1. The molecule has 1 aliphatic rings. The molecule has 0 spiro atoms. The molecule has 78 heavy (non-hydrogen) atoms. The SMILES string of the molecule is CC(C)N(C(C)C)P(OCCC#N)OC1CCC(C(=O)NC(CCC(=O)NCCOCCOCc2c[n]([Tl])nn2)(CCC(=O)NCCOCCOCc2c[n]([Tl])nn2)CCC(=O)NCCOCCOCc2c[n]([Tl])nn2)CC1. The standard InChI is InChI=1S/C47H80N15O12P.3Tl/c1-36(2)62(37(3)4)75(73-20-5-16-48)74-42-8-6-38(7-9-42)46(66)55-47(13-10-43(63)49-17-21-67-24-27-70-33-39-30-52-59-56-39,14-11-44(64)50-18-22-68-25-28-71-34-40-31-53-60-57-40)15-12-45(65)51-19-23-69-26-29-72-35-41-32-54-61-58-41;;;/h30-32,36-38,42H,5-15,17-29,33-35H2,1-4H3,(H7,49,50,51,52,53,54,55,56,57,58,59,60,61,63,64,65,66);;;/q;3*+1/p-3. The third-order valence-electron chi connectivity index (χ3n) is 12.1. The molecule has 0 aromatic carbocycles. The van der Waals surface area contributed by atoms with Gasteiger partial charge in [0.1, 0.15) is 0 Å². The van der Waals surface area contributed by atoms with Gasteiger partial charge in [0.15, 0.2) is 0 Å². The van der Waals surface area contributed by atoms with E-state index in [1.54, 1.807) is 7.47 Å². The second-order valence-corrected chi connectivity index (χ2v) is 26.6. The van der Waals surface area contributed by atoms with Gasteiger partial charge in [-0.3, -0.25) is 19.2 Å². The van der Waals surface area contributed by atoms with Gasteiger partial charge in [-0.05, 0) is 72.6 Å². The Labute approximate surface area is 507 Å². The van der Waals surface area contributed by atoms with E-state index in [0.29, 0.717) is 163 Å². The topological polar surface area (TPSA) is 309 Å². The van der Waals surface area contributed by atoms with Crippen molar-refractivity contribution in [2.24, 2.45) is 5.92 Å². The molecule has 1 unspecified atom stereocenters. The van der Waals surface area contributed by atoms with Gasteiger partial charge in [-0.15, -0.1) is 0 Å². The fourth-order valence-corrected chi connectivity index (χ4v) is 12.6. The van der Waals surface area contributed by atoms with Crippen molar-refractivity contribution in [3.63, 3.8) is 0 Å². The van der Waals surface area contributed by atoms with E-state index < -0.39 is 14.1 Å². The van der Waals surface area contributed by atoms with E-state index in [1.807, 2.05) is 18.6 Å². The van der Waals surface area contributed by atoms with Crippen LogP contribution in [-0.2, 0) is 76.5 Å². The molecule has 426 valence electrons. The normalized spacial score (nSPS) is 15.1. The second kappa shape index (κ2) is 40.0. The van der Waals surface area contributed by atoms with Crippen LogP contribution in [0.25, 0.3) is 0 Å². The summed E-state index contributed by atoms with van der Waals surface area (Å²) in [6.07, 6.45) is 8.42.